The largest absolute Gasteiger partial charge is 0.411 e. The Bertz CT molecular complexity index is 956. The second kappa shape index (κ2) is 9.74. The van der Waals surface area contributed by atoms with Crippen LogP contribution < -0.4 is 5.32 Å². The van der Waals surface area contributed by atoms with Crippen molar-refractivity contribution in [3.8, 4) is 11.5 Å². The van der Waals surface area contributed by atoms with Crippen molar-refractivity contribution in [1.82, 2.24) is 15.5 Å². The fraction of sp³-hybridized carbons (Fsp3) is 0.348. The average molecular weight is 410 g/mol. The first-order valence-corrected chi connectivity index (χ1v) is 10.7. The third kappa shape index (κ3) is 5.94. The van der Waals surface area contributed by atoms with Crippen LogP contribution in [0.15, 0.2) is 58.2 Å². The van der Waals surface area contributed by atoms with Crippen molar-refractivity contribution in [1.29, 1.82) is 0 Å². The van der Waals surface area contributed by atoms with Gasteiger partial charge in [-0.1, -0.05) is 48.2 Å². The van der Waals surface area contributed by atoms with Gasteiger partial charge in [0.1, 0.15) is 0 Å². The number of hydrogen-bond acceptors (Lipinski definition) is 5. The van der Waals surface area contributed by atoms with Gasteiger partial charge in [0.05, 0.1) is 5.25 Å². The first kappa shape index (κ1) is 21.1. The number of carbonyl (C=O) groups excluding carboxylic acids is 1. The molecule has 0 saturated carbocycles. The van der Waals surface area contributed by atoms with Crippen molar-refractivity contribution in [2.24, 2.45) is 0 Å². The summed E-state index contributed by atoms with van der Waals surface area (Å²) in [5.41, 5.74) is 4.56. The maximum absolute atomic E-state index is 12.5. The SMILES string of the molecule is Cc1ccc(-c2nnc(S[C@@H](C)C(=O)N[C@@H](C)CCc3ccccc3)o2)cc1C. The predicted octanol–water partition coefficient (Wildman–Crippen LogP) is 4.97. The van der Waals surface area contributed by atoms with Crippen LogP contribution in [0.3, 0.4) is 0 Å². The van der Waals surface area contributed by atoms with Gasteiger partial charge in [-0.15, -0.1) is 10.2 Å². The molecule has 1 heterocycles. The molecule has 0 spiro atoms. The fourth-order valence-electron chi connectivity index (χ4n) is 2.91. The van der Waals surface area contributed by atoms with E-state index in [0.29, 0.717) is 11.1 Å². The first-order valence-electron chi connectivity index (χ1n) is 9.84. The van der Waals surface area contributed by atoms with E-state index in [2.05, 4.69) is 41.5 Å². The van der Waals surface area contributed by atoms with Crippen LogP contribution in [0.25, 0.3) is 11.5 Å². The molecule has 0 saturated heterocycles. The maximum atomic E-state index is 12.5. The highest BCUT2D eigenvalue weighted by atomic mass is 32.2. The second-order valence-corrected chi connectivity index (χ2v) is 8.66. The number of carbonyl (C=O) groups is 1. The normalized spacial score (nSPS) is 13.1. The number of amides is 1. The van der Waals surface area contributed by atoms with Crippen LogP contribution in [0, 0.1) is 13.8 Å². The molecule has 0 aliphatic rings. The van der Waals surface area contributed by atoms with Crippen LogP contribution in [0.4, 0.5) is 0 Å². The van der Waals surface area contributed by atoms with Crippen LogP contribution in [-0.2, 0) is 11.2 Å². The van der Waals surface area contributed by atoms with Crippen LogP contribution in [0.2, 0.25) is 0 Å². The summed E-state index contributed by atoms with van der Waals surface area (Å²) in [5, 5.41) is 11.4. The number of nitrogens with zero attached hydrogens (tertiary/aromatic N) is 2. The molecule has 1 aromatic heterocycles. The van der Waals surface area contributed by atoms with Gasteiger partial charge in [-0.3, -0.25) is 4.79 Å². The lowest BCUT2D eigenvalue weighted by Gasteiger charge is -2.16. The van der Waals surface area contributed by atoms with E-state index < -0.39 is 0 Å². The van der Waals surface area contributed by atoms with Crippen LogP contribution in [-0.4, -0.2) is 27.4 Å². The molecule has 0 unspecified atom stereocenters. The number of thioether (sulfide) groups is 1. The van der Waals surface area contributed by atoms with Gasteiger partial charge in [0.2, 0.25) is 11.8 Å². The summed E-state index contributed by atoms with van der Waals surface area (Å²) in [6.45, 7) is 8.00. The minimum Gasteiger partial charge on any atom is -0.411 e. The molecule has 6 heteroatoms. The minimum atomic E-state index is -0.317. The average Bonchev–Trinajstić information content (AvgIpc) is 3.17. The van der Waals surface area contributed by atoms with Gasteiger partial charge >= 0.3 is 0 Å². The summed E-state index contributed by atoms with van der Waals surface area (Å²) in [5.74, 6) is 0.445. The Morgan fingerprint density at radius 3 is 2.55 bits per heavy atom. The second-order valence-electron chi connectivity index (χ2n) is 7.37. The molecule has 0 bridgehead atoms. The standard InChI is InChI=1S/C23H27N3O2S/c1-15-10-13-20(14-16(15)2)22-25-26-23(28-22)29-18(4)21(27)24-17(3)11-12-19-8-6-5-7-9-19/h5-10,13-14,17-18H,11-12H2,1-4H3,(H,24,27)/t17-,18-/m0/s1. The van der Waals surface area contributed by atoms with Crippen molar-refractivity contribution in [2.75, 3.05) is 0 Å². The van der Waals surface area contributed by atoms with Crippen molar-refractivity contribution in [3.05, 3.63) is 65.2 Å². The molecule has 3 rings (SSSR count). The van der Waals surface area contributed by atoms with E-state index in [1.165, 1.54) is 28.5 Å². The summed E-state index contributed by atoms with van der Waals surface area (Å²) in [4.78, 5) is 12.5. The van der Waals surface area contributed by atoms with Gasteiger partial charge < -0.3 is 9.73 Å². The van der Waals surface area contributed by atoms with E-state index >= 15 is 0 Å². The molecule has 0 aliphatic heterocycles. The molecule has 29 heavy (non-hydrogen) atoms. The Morgan fingerprint density at radius 1 is 1.07 bits per heavy atom. The first-order chi connectivity index (χ1) is 13.9. The van der Waals surface area contributed by atoms with E-state index in [1.54, 1.807) is 0 Å². The lowest BCUT2D eigenvalue weighted by molar-refractivity contribution is -0.120. The smallest absolute Gasteiger partial charge is 0.277 e. The van der Waals surface area contributed by atoms with Crippen LogP contribution >= 0.6 is 11.8 Å². The number of aromatic nitrogens is 2. The third-order valence-electron chi connectivity index (χ3n) is 4.90. The molecule has 0 fully saturated rings. The van der Waals surface area contributed by atoms with E-state index in [9.17, 15) is 4.79 Å². The number of benzene rings is 2. The van der Waals surface area contributed by atoms with Crippen molar-refractivity contribution >= 4 is 17.7 Å². The van der Waals surface area contributed by atoms with Gasteiger partial charge in [0, 0.05) is 11.6 Å². The molecular formula is C23H27N3O2S. The Hall–Kier alpha value is -2.60. The summed E-state index contributed by atoms with van der Waals surface area (Å²) >= 11 is 1.28. The lowest BCUT2D eigenvalue weighted by atomic mass is 10.1. The highest BCUT2D eigenvalue weighted by Gasteiger charge is 2.20. The molecule has 1 N–H and O–H groups in total. The number of aryl methyl sites for hydroxylation is 3. The van der Waals surface area contributed by atoms with Crippen molar-refractivity contribution in [2.45, 2.75) is 57.1 Å². The summed E-state index contributed by atoms with van der Waals surface area (Å²) < 4.78 is 5.76. The molecule has 3 aromatic rings. The van der Waals surface area contributed by atoms with E-state index in [1.807, 2.05) is 50.2 Å². The fourth-order valence-corrected chi connectivity index (χ4v) is 3.61. The predicted molar refractivity (Wildman–Crippen MR) is 117 cm³/mol. The number of nitrogens with one attached hydrogen (secondary N) is 1. The monoisotopic (exact) mass is 409 g/mol. The molecule has 1 amide bonds. The molecule has 152 valence electrons. The molecular weight excluding hydrogens is 382 g/mol. The van der Waals surface area contributed by atoms with Gasteiger partial charge in [0.15, 0.2) is 0 Å². The summed E-state index contributed by atoms with van der Waals surface area (Å²) in [6, 6.07) is 16.4. The summed E-state index contributed by atoms with van der Waals surface area (Å²) in [6.07, 6.45) is 1.83. The number of rotatable bonds is 8. The Morgan fingerprint density at radius 2 is 1.83 bits per heavy atom. The minimum absolute atomic E-state index is 0.0264. The van der Waals surface area contributed by atoms with Crippen LogP contribution in [0.5, 0.6) is 0 Å². The maximum Gasteiger partial charge on any atom is 0.277 e. The highest BCUT2D eigenvalue weighted by Crippen LogP contribution is 2.27. The quantitative estimate of drug-likeness (QED) is 0.532. The van der Waals surface area contributed by atoms with Crippen molar-refractivity contribution in [3.63, 3.8) is 0 Å². The molecule has 2 aromatic carbocycles. The van der Waals surface area contributed by atoms with E-state index in [-0.39, 0.29) is 17.2 Å². The zero-order chi connectivity index (χ0) is 20.8. The zero-order valence-electron chi connectivity index (χ0n) is 17.3. The van der Waals surface area contributed by atoms with Gasteiger partial charge in [0.25, 0.3) is 5.22 Å². The topological polar surface area (TPSA) is 68.0 Å². The Labute approximate surface area is 176 Å². The van der Waals surface area contributed by atoms with Gasteiger partial charge in [-0.2, -0.15) is 0 Å². The Kier molecular flexibility index (Phi) is 7.09. The molecule has 0 aliphatic carbocycles. The highest BCUT2D eigenvalue weighted by molar-refractivity contribution is 8.00. The lowest BCUT2D eigenvalue weighted by Crippen LogP contribution is -2.37. The molecule has 5 nitrogen and oxygen atoms in total. The van der Waals surface area contributed by atoms with E-state index in [4.69, 9.17) is 4.42 Å². The van der Waals surface area contributed by atoms with Gasteiger partial charge in [-0.05, 0) is 69.4 Å². The van der Waals surface area contributed by atoms with Crippen molar-refractivity contribution < 1.29 is 9.21 Å². The Balaban J connectivity index is 1.51. The third-order valence-corrected chi connectivity index (χ3v) is 5.84. The number of hydrogen-bond donors (Lipinski definition) is 1. The van der Waals surface area contributed by atoms with Gasteiger partial charge in [-0.25, -0.2) is 0 Å². The molecule has 2 atom stereocenters. The summed E-state index contributed by atoms with van der Waals surface area (Å²) in [7, 11) is 0. The zero-order valence-corrected chi connectivity index (χ0v) is 18.1. The van der Waals surface area contributed by atoms with E-state index in [0.717, 1.165) is 18.4 Å². The molecule has 0 radical (unpaired) electrons. The van der Waals surface area contributed by atoms with Crippen LogP contribution in [0.1, 0.15) is 37.0 Å².